The van der Waals surface area contributed by atoms with Gasteiger partial charge in [-0.2, -0.15) is 5.26 Å². The van der Waals surface area contributed by atoms with Crippen LogP contribution in [0, 0.1) is 17.1 Å². The number of methoxy groups -OCH3 is 1. The summed E-state index contributed by atoms with van der Waals surface area (Å²) in [5, 5.41) is 7.82. The molecule has 1 aromatic carbocycles. The highest BCUT2D eigenvalue weighted by Crippen LogP contribution is 2.24. The first kappa shape index (κ1) is 10.5. The van der Waals surface area contributed by atoms with Gasteiger partial charge < -0.3 is 4.74 Å². The Morgan fingerprint density at radius 3 is 2.71 bits per heavy atom. The molecule has 0 aromatic heterocycles. The zero-order valence-electron chi connectivity index (χ0n) is 7.17. The molecule has 0 fully saturated rings. The maximum absolute atomic E-state index is 12.9. The number of hydrogen-bond donors (Lipinski definition) is 0. The molecule has 0 aliphatic rings. The van der Waals surface area contributed by atoms with Crippen molar-refractivity contribution in [2.24, 2.45) is 0 Å². The standard InChI is InChI=1S/C9H5ClFNO2/c1-14-8-3-5(11)2-6(9(10)13)7(8)4-12/h2-3H,1H3. The van der Waals surface area contributed by atoms with Gasteiger partial charge in [-0.25, -0.2) is 4.39 Å². The molecule has 0 N–H and O–H groups in total. The number of rotatable bonds is 2. The van der Waals surface area contributed by atoms with Crippen molar-refractivity contribution < 1.29 is 13.9 Å². The van der Waals surface area contributed by atoms with Gasteiger partial charge in [0.15, 0.2) is 0 Å². The molecular weight excluding hydrogens is 209 g/mol. The van der Waals surface area contributed by atoms with E-state index in [1.54, 1.807) is 6.07 Å². The van der Waals surface area contributed by atoms with Gasteiger partial charge in [0.05, 0.1) is 12.7 Å². The van der Waals surface area contributed by atoms with E-state index in [1.165, 1.54) is 7.11 Å². The second kappa shape index (κ2) is 4.07. The van der Waals surface area contributed by atoms with Gasteiger partial charge >= 0.3 is 0 Å². The minimum Gasteiger partial charge on any atom is -0.495 e. The molecule has 0 heterocycles. The van der Waals surface area contributed by atoms with Crippen molar-refractivity contribution in [3.63, 3.8) is 0 Å². The maximum Gasteiger partial charge on any atom is 0.253 e. The van der Waals surface area contributed by atoms with E-state index in [4.69, 9.17) is 21.6 Å². The summed E-state index contributed by atoms with van der Waals surface area (Å²) in [6, 6.07) is 3.64. The van der Waals surface area contributed by atoms with E-state index in [2.05, 4.69) is 0 Å². The molecule has 0 bridgehead atoms. The maximum atomic E-state index is 12.9. The molecule has 1 rings (SSSR count). The zero-order chi connectivity index (χ0) is 10.7. The minimum absolute atomic E-state index is 0.00324. The summed E-state index contributed by atoms with van der Waals surface area (Å²) in [6.45, 7) is 0. The molecule has 3 nitrogen and oxygen atoms in total. The monoisotopic (exact) mass is 213 g/mol. The summed E-state index contributed by atoms with van der Waals surface area (Å²) in [4.78, 5) is 10.8. The van der Waals surface area contributed by atoms with Crippen molar-refractivity contribution in [3.05, 3.63) is 29.1 Å². The zero-order valence-corrected chi connectivity index (χ0v) is 7.93. The van der Waals surface area contributed by atoms with Gasteiger partial charge in [0.1, 0.15) is 23.2 Å². The molecule has 0 unspecified atom stereocenters. The topological polar surface area (TPSA) is 50.1 Å². The third kappa shape index (κ3) is 1.83. The van der Waals surface area contributed by atoms with Gasteiger partial charge in [-0.1, -0.05) is 0 Å². The average molecular weight is 214 g/mol. The molecule has 0 spiro atoms. The van der Waals surface area contributed by atoms with Crippen LogP contribution in [0.5, 0.6) is 5.75 Å². The summed E-state index contributed by atoms with van der Waals surface area (Å²) in [5.41, 5.74) is -0.250. The van der Waals surface area contributed by atoms with E-state index in [-0.39, 0.29) is 16.9 Å². The lowest BCUT2D eigenvalue weighted by molar-refractivity contribution is 0.108. The molecule has 0 aliphatic carbocycles. The summed E-state index contributed by atoms with van der Waals surface area (Å²) in [5.74, 6) is -0.679. The summed E-state index contributed by atoms with van der Waals surface area (Å²) in [7, 11) is 1.28. The lowest BCUT2D eigenvalue weighted by Crippen LogP contribution is -1.99. The lowest BCUT2D eigenvalue weighted by Gasteiger charge is -2.05. The highest BCUT2D eigenvalue weighted by molar-refractivity contribution is 6.68. The van der Waals surface area contributed by atoms with Crippen molar-refractivity contribution in [1.29, 1.82) is 5.26 Å². The lowest BCUT2D eigenvalue weighted by atomic mass is 10.1. The number of halogens is 2. The van der Waals surface area contributed by atoms with Crippen LogP contribution in [0.25, 0.3) is 0 Å². The third-order valence-corrected chi connectivity index (χ3v) is 1.81. The number of carbonyl (C=O) groups is 1. The second-order valence-electron chi connectivity index (χ2n) is 2.42. The Morgan fingerprint density at radius 2 is 2.29 bits per heavy atom. The number of carbonyl (C=O) groups excluding carboxylic acids is 1. The van der Waals surface area contributed by atoms with E-state index in [1.807, 2.05) is 0 Å². The second-order valence-corrected chi connectivity index (χ2v) is 2.76. The van der Waals surface area contributed by atoms with Crippen LogP contribution in [0.2, 0.25) is 0 Å². The Balaban J connectivity index is 3.49. The Labute approximate surface area is 84.7 Å². The van der Waals surface area contributed by atoms with Crippen LogP contribution in [-0.4, -0.2) is 12.4 Å². The first-order chi connectivity index (χ1) is 6.60. The highest BCUT2D eigenvalue weighted by Gasteiger charge is 2.15. The van der Waals surface area contributed by atoms with E-state index >= 15 is 0 Å². The van der Waals surface area contributed by atoms with Gasteiger partial charge in [0, 0.05) is 6.07 Å². The largest absolute Gasteiger partial charge is 0.495 e. The number of benzene rings is 1. The Bertz CT molecular complexity index is 426. The van der Waals surface area contributed by atoms with E-state index in [9.17, 15) is 9.18 Å². The first-order valence-electron chi connectivity index (χ1n) is 3.57. The smallest absolute Gasteiger partial charge is 0.253 e. The quantitative estimate of drug-likeness (QED) is 0.707. The van der Waals surface area contributed by atoms with Crippen LogP contribution in [0.1, 0.15) is 15.9 Å². The van der Waals surface area contributed by atoms with E-state index in [0.717, 1.165) is 12.1 Å². The molecule has 0 atom stereocenters. The molecule has 0 saturated heterocycles. The van der Waals surface area contributed by atoms with Crippen molar-refractivity contribution in [1.82, 2.24) is 0 Å². The number of nitriles is 1. The number of hydrogen-bond acceptors (Lipinski definition) is 3. The van der Waals surface area contributed by atoms with Crippen LogP contribution < -0.4 is 4.74 Å². The molecule has 0 saturated carbocycles. The Kier molecular flexibility index (Phi) is 3.05. The van der Waals surface area contributed by atoms with Crippen LogP contribution in [-0.2, 0) is 0 Å². The number of ether oxygens (including phenoxy) is 1. The fourth-order valence-corrected chi connectivity index (χ4v) is 1.16. The SMILES string of the molecule is COc1cc(F)cc(C(=O)Cl)c1C#N. The van der Waals surface area contributed by atoms with E-state index < -0.39 is 11.1 Å². The molecule has 5 heteroatoms. The van der Waals surface area contributed by atoms with Crippen LogP contribution in [0.3, 0.4) is 0 Å². The summed E-state index contributed by atoms with van der Waals surface area (Å²) < 4.78 is 17.6. The first-order valence-corrected chi connectivity index (χ1v) is 3.95. The van der Waals surface area contributed by atoms with Crippen LogP contribution >= 0.6 is 11.6 Å². The predicted octanol–water partition coefficient (Wildman–Crippen LogP) is 2.08. The minimum atomic E-state index is -0.889. The molecule has 72 valence electrons. The molecular formula is C9H5ClFNO2. The Hall–Kier alpha value is -1.60. The summed E-state index contributed by atoms with van der Waals surface area (Å²) in [6.07, 6.45) is 0. The molecule has 0 amide bonds. The number of nitrogens with zero attached hydrogens (tertiary/aromatic N) is 1. The highest BCUT2D eigenvalue weighted by atomic mass is 35.5. The average Bonchev–Trinajstić information content (AvgIpc) is 2.16. The molecule has 14 heavy (non-hydrogen) atoms. The molecule has 0 aliphatic heterocycles. The van der Waals surface area contributed by atoms with Crippen molar-refractivity contribution >= 4 is 16.8 Å². The fourth-order valence-electron chi connectivity index (χ4n) is 1.01. The molecule has 0 radical (unpaired) electrons. The summed E-state index contributed by atoms with van der Waals surface area (Å²) >= 11 is 5.18. The van der Waals surface area contributed by atoms with Gasteiger partial charge in [-0.3, -0.25) is 4.79 Å². The van der Waals surface area contributed by atoms with Crippen molar-refractivity contribution in [2.45, 2.75) is 0 Å². The molecule has 1 aromatic rings. The van der Waals surface area contributed by atoms with Crippen LogP contribution in [0.4, 0.5) is 4.39 Å². The van der Waals surface area contributed by atoms with Crippen molar-refractivity contribution in [2.75, 3.05) is 7.11 Å². The van der Waals surface area contributed by atoms with E-state index in [0.29, 0.717) is 0 Å². The fraction of sp³-hybridized carbons (Fsp3) is 0.111. The van der Waals surface area contributed by atoms with Gasteiger partial charge in [-0.05, 0) is 17.7 Å². The van der Waals surface area contributed by atoms with Gasteiger partial charge in [0.25, 0.3) is 5.24 Å². The van der Waals surface area contributed by atoms with Crippen molar-refractivity contribution in [3.8, 4) is 11.8 Å². The predicted molar refractivity (Wildman–Crippen MR) is 47.9 cm³/mol. The third-order valence-electron chi connectivity index (χ3n) is 1.61. The Morgan fingerprint density at radius 1 is 1.64 bits per heavy atom. The van der Waals surface area contributed by atoms with Gasteiger partial charge in [0.2, 0.25) is 0 Å². The normalized spacial score (nSPS) is 9.29. The van der Waals surface area contributed by atoms with Crippen LogP contribution in [0.15, 0.2) is 12.1 Å². The van der Waals surface area contributed by atoms with Gasteiger partial charge in [-0.15, -0.1) is 0 Å².